The number of nitrogens with zero attached hydrogens (tertiary/aromatic N) is 3. The highest BCUT2D eigenvalue weighted by Crippen LogP contribution is 2.33. The summed E-state index contributed by atoms with van der Waals surface area (Å²) in [6.07, 6.45) is 4.78. The highest BCUT2D eigenvalue weighted by molar-refractivity contribution is 6.31. The SMILES string of the molecule is COc1cc2ncnc(Nc3ccc(F)c(Cl)c3)c2cc1NC(=O)/C=C/CN1CCNCC1. The van der Waals surface area contributed by atoms with E-state index >= 15 is 0 Å². The third kappa shape index (κ3) is 5.75. The molecule has 0 atom stereocenters. The molecule has 10 heteroatoms. The number of piperazine rings is 1. The fourth-order valence-corrected chi connectivity index (χ4v) is 3.72. The molecule has 0 spiro atoms. The highest BCUT2D eigenvalue weighted by Gasteiger charge is 2.13. The maximum atomic E-state index is 13.5. The van der Waals surface area contributed by atoms with Gasteiger partial charge >= 0.3 is 0 Å². The van der Waals surface area contributed by atoms with Crippen LogP contribution in [0, 0.1) is 5.82 Å². The van der Waals surface area contributed by atoms with Gasteiger partial charge in [-0.25, -0.2) is 14.4 Å². The zero-order chi connectivity index (χ0) is 23.2. The third-order valence-corrected chi connectivity index (χ3v) is 5.53. The van der Waals surface area contributed by atoms with Crippen LogP contribution in [0.4, 0.5) is 21.6 Å². The van der Waals surface area contributed by atoms with E-state index in [1.165, 1.54) is 31.6 Å². The largest absolute Gasteiger partial charge is 0.494 e. The van der Waals surface area contributed by atoms with Gasteiger partial charge in [0, 0.05) is 55.9 Å². The smallest absolute Gasteiger partial charge is 0.248 e. The van der Waals surface area contributed by atoms with Crippen molar-refractivity contribution in [2.75, 3.05) is 50.5 Å². The first kappa shape index (κ1) is 22.9. The van der Waals surface area contributed by atoms with Crippen LogP contribution in [-0.2, 0) is 4.79 Å². The van der Waals surface area contributed by atoms with Crippen LogP contribution < -0.4 is 20.7 Å². The number of halogens is 2. The van der Waals surface area contributed by atoms with Gasteiger partial charge in [0.1, 0.15) is 23.7 Å². The Morgan fingerprint density at radius 2 is 2.09 bits per heavy atom. The number of anilines is 3. The quantitative estimate of drug-likeness (QED) is 0.455. The first-order valence-electron chi connectivity index (χ1n) is 10.5. The number of carbonyl (C=O) groups is 1. The molecular weight excluding hydrogens is 447 g/mol. The van der Waals surface area contributed by atoms with Crippen molar-refractivity contribution in [3.05, 3.63) is 59.7 Å². The summed E-state index contributed by atoms with van der Waals surface area (Å²) in [7, 11) is 1.53. The Morgan fingerprint density at radius 3 is 2.85 bits per heavy atom. The monoisotopic (exact) mass is 470 g/mol. The van der Waals surface area contributed by atoms with Gasteiger partial charge in [-0.2, -0.15) is 0 Å². The number of hydrogen-bond donors (Lipinski definition) is 3. The van der Waals surface area contributed by atoms with E-state index in [1.807, 2.05) is 6.08 Å². The van der Waals surface area contributed by atoms with E-state index in [2.05, 4.69) is 30.8 Å². The van der Waals surface area contributed by atoms with Gasteiger partial charge in [-0.15, -0.1) is 0 Å². The van der Waals surface area contributed by atoms with Crippen LogP contribution in [0.3, 0.4) is 0 Å². The maximum Gasteiger partial charge on any atom is 0.248 e. The molecule has 2 heterocycles. The number of rotatable bonds is 7. The van der Waals surface area contributed by atoms with Crippen LogP contribution in [0.5, 0.6) is 5.75 Å². The van der Waals surface area contributed by atoms with Crippen LogP contribution in [0.15, 0.2) is 48.8 Å². The van der Waals surface area contributed by atoms with Crippen LogP contribution in [0.2, 0.25) is 5.02 Å². The van der Waals surface area contributed by atoms with E-state index in [-0.39, 0.29) is 10.9 Å². The van der Waals surface area contributed by atoms with Crippen molar-refractivity contribution in [3.8, 4) is 5.75 Å². The van der Waals surface area contributed by atoms with Crippen LogP contribution in [0.25, 0.3) is 10.9 Å². The van der Waals surface area contributed by atoms with Gasteiger partial charge in [0.25, 0.3) is 0 Å². The Balaban J connectivity index is 1.55. The van der Waals surface area contributed by atoms with Crippen LogP contribution in [-0.4, -0.2) is 60.6 Å². The fourth-order valence-electron chi connectivity index (χ4n) is 3.54. The van der Waals surface area contributed by atoms with Gasteiger partial charge in [-0.05, 0) is 24.3 Å². The maximum absolute atomic E-state index is 13.5. The molecule has 33 heavy (non-hydrogen) atoms. The van der Waals surface area contributed by atoms with Crippen molar-refractivity contribution >= 4 is 45.6 Å². The standard InChI is InChI=1S/C23H24ClFN6O2/c1-33-21-13-19-16(23(28-14-27-19)29-15-4-5-18(25)17(24)11-15)12-20(21)30-22(32)3-2-8-31-9-6-26-7-10-31/h2-5,11-14,26H,6-10H2,1H3,(H,30,32)(H,27,28,29)/b3-2+. The molecule has 8 nitrogen and oxygen atoms in total. The average molecular weight is 471 g/mol. The van der Waals surface area contributed by atoms with Crippen molar-refractivity contribution in [2.24, 2.45) is 0 Å². The van der Waals surface area contributed by atoms with E-state index in [4.69, 9.17) is 16.3 Å². The number of methoxy groups -OCH3 is 1. The molecule has 0 aliphatic carbocycles. The lowest BCUT2D eigenvalue weighted by Gasteiger charge is -2.25. The zero-order valence-corrected chi connectivity index (χ0v) is 18.8. The molecule has 3 N–H and O–H groups in total. The Morgan fingerprint density at radius 1 is 1.27 bits per heavy atom. The van der Waals surface area contributed by atoms with Gasteiger partial charge < -0.3 is 20.7 Å². The summed E-state index contributed by atoms with van der Waals surface area (Å²) in [6, 6.07) is 7.77. The van der Waals surface area contributed by atoms with Crippen molar-refractivity contribution in [1.29, 1.82) is 0 Å². The second-order valence-electron chi connectivity index (χ2n) is 7.49. The van der Waals surface area contributed by atoms with Crippen molar-refractivity contribution in [1.82, 2.24) is 20.2 Å². The molecule has 0 unspecified atom stereocenters. The first-order valence-corrected chi connectivity index (χ1v) is 10.9. The molecule has 1 saturated heterocycles. The van der Waals surface area contributed by atoms with Gasteiger partial charge in [0.05, 0.1) is 23.3 Å². The van der Waals surface area contributed by atoms with E-state index in [9.17, 15) is 9.18 Å². The second kappa shape index (κ2) is 10.6. The molecule has 1 aromatic heterocycles. The number of carbonyl (C=O) groups excluding carboxylic acids is 1. The summed E-state index contributed by atoms with van der Waals surface area (Å²) in [5.74, 6) is 0.185. The van der Waals surface area contributed by atoms with E-state index in [0.717, 1.165) is 26.2 Å². The summed E-state index contributed by atoms with van der Waals surface area (Å²) in [5.41, 5.74) is 1.67. The summed E-state index contributed by atoms with van der Waals surface area (Å²) in [4.78, 5) is 23.4. The molecule has 1 aliphatic heterocycles. The van der Waals surface area contributed by atoms with E-state index < -0.39 is 5.82 Å². The van der Waals surface area contributed by atoms with Gasteiger partial charge in [-0.3, -0.25) is 9.69 Å². The summed E-state index contributed by atoms with van der Waals surface area (Å²) in [6.45, 7) is 4.54. The normalized spacial score (nSPS) is 14.5. The van der Waals surface area contributed by atoms with Crippen LogP contribution >= 0.6 is 11.6 Å². The number of nitrogens with one attached hydrogen (secondary N) is 3. The minimum atomic E-state index is -0.505. The average Bonchev–Trinajstić information content (AvgIpc) is 2.82. The van der Waals surface area contributed by atoms with Gasteiger partial charge in [0.2, 0.25) is 5.91 Å². The molecule has 1 aliphatic rings. The lowest BCUT2D eigenvalue weighted by atomic mass is 10.1. The minimum absolute atomic E-state index is 0.000543. The predicted octanol–water partition coefficient (Wildman–Crippen LogP) is 3.57. The topological polar surface area (TPSA) is 91.4 Å². The van der Waals surface area contributed by atoms with Crippen molar-refractivity contribution in [2.45, 2.75) is 0 Å². The Hall–Kier alpha value is -3.27. The molecule has 1 fully saturated rings. The molecule has 1 amide bonds. The Kier molecular flexibility index (Phi) is 7.33. The van der Waals surface area contributed by atoms with E-state index in [0.29, 0.717) is 40.4 Å². The summed E-state index contributed by atoms with van der Waals surface area (Å²) < 4.78 is 18.9. The van der Waals surface area contributed by atoms with Crippen LogP contribution in [0.1, 0.15) is 0 Å². The Labute approximate surface area is 195 Å². The number of hydrogen-bond acceptors (Lipinski definition) is 7. The molecule has 2 aromatic carbocycles. The lowest BCUT2D eigenvalue weighted by Crippen LogP contribution is -2.43. The molecule has 0 saturated carbocycles. The number of benzene rings is 2. The molecular formula is C23H24ClFN6O2. The predicted molar refractivity (Wildman–Crippen MR) is 128 cm³/mol. The molecule has 4 rings (SSSR count). The van der Waals surface area contributed by atoms with Crippen molar-refractivity contribution in [3.63, 3.8) is 0 Å². The number of ether oxygens (including phenoxy) is 1. The lowest BCUT2D eigenvalue weighted by molar-refractivity contribution is -0.111. The van der Waals surface area contributed by atoms with Gasteiger partial charge in [0.15, 0.2) is 0 Å². The van der Waals surface area contributed by atoms with Gasteiger partial charge in [-0.1, -0.05) is 17.7 Å². The zero-order valence-electron chi connectivity index (χ0n) is 18.1. The molecule has 0 radical (unpaired) electrons. The molecule has 3 aromatic rings. The number of fused-ring (bicyclic) bond motifs is 1. The minimum Gasteiger partial charge on any atom is -0.494 e. The van der Waals surface area contributed by atoms with Crippen molar-refractivity contribution < 1.29 is 13.9 Å². The second-order valence-corrected chi connectivity index (χ2v) is 7.90. The molecule has 0 bridgehead atoms. The summed E-state index contributed by atoms with van der Waals surface area (Å²) in [5, 5.41) is 9.94. The Bertz CT molecular complexity index is 1180. The summed E-state index contributed by atoms with van der Waals surface area (Å²) >= 11 is 5.89. The molecule has 172 valence electrons. The highest BCUT2D eigenvalue weighted by atomic mass is 35.5. The fraction of sp³-hybridized carbons (Fsp3) is 0.261. The first-order chi connectivity index (χ1) is 16.0. The number of amides is 1. The van der Waals surface area contributed by atoms with E-state index in [1.54, 1.807) is 18.2 Å². The third-order valence-electron chi connectivity index (χ3n) is 5.24. The number of aromatic nitrogens is 2.